The summed E-state index contributed by atoms with van der Waals surface area (Å²) in [5.74, 6) is -1.91. The van der Waals surface area contributed by atoms with E-state index in [0.717, 1.165) is 37.8 Å². The lowest BCUT2D eigenvalue weighted by Gasteiger charge is -2.34. The number of carbonyl (C=O) groups excluding carboxylic acids is 1. The minimum atomic E-state index is -4.74. The molecule has 40 heavy (non-hydrogen) atoms. The van der Waals surface area contributed by atoms with Crippen molar-refractivity contribution in [3.8, 4) is 11.6 Å². The summed E-state index contributed by atoms with van der Waals surface area (Å²) in [4.78, 5) is 33.1. The van der Waals surface area contributed by atoms with Gasteiger partial charge in [-0.3, -0.25) is 9.69 Å². The fourth-order valence-corrected chi connectivity index (χ4v) is 5.31. The second-order valence-corrected chi connectivity index (χ2v) is 10.9. The molecule has 1 aliphatic heterocycles. The van der Waals surface area contributed by atoms with Crippen LogP contribution in [0.3, 0.4) is 0 Å². The van der Waals surface area contributed by atoms with Crippen LogP contribution in [0.5, 0.6) is 11.6 Å². The van der Waals surface area contributed by atoms with Gasteiger partial charge in [0.1, 0.15) is 11.3 Å². The number of pyridine rings is 1. The average Bonchev–Trinajstić information content (AvgIpc) is 2.90. The van der Waals surface area contributed by atoms with Crippen molar-refractivity contribution in [1.29, 1.82) is 0 Å². The Morgan fingerprint density at radius 1 is 1.15 bits per heavy atom. The molecule has 8 nitrogen and oxygen atoms in total. The Morgan fingerprint density at radius 2 is 1.82 bits per heavy atom. The van der Waals surface area contributed by atoms with Crippen LogP contribution < -0.4 is 9.64 Å². The number of carboxylic acids is 1. The van der Waals surface area contributed by atoms with E-state index in [1.807, 2.05) is 4.90 Å². The van der Waals surface area contributed by atoms with Gasteiger partial charge in [-0.1, -0.05) is 6.92 Å². The van der Waals surface area contributed by atoms with Crippen LogP contribution in [-0.4, -0.2) is 59.2 Å². The molecule has 0 atom stereocenters. The number of halogens is 3. The Morgan fingerprint density at radius 3 is 2.42 bits per heavy atom. The number of amides is 1. The smallest absolute Gasteiger partial charge is 0.421 e. The number of aromatic nitrogens is 1. The molecule has 1 saturated heterocycles. The summed E-state index contributed by atoms with van der Waals surface area (Å²) in [6.45, 7) is 8.30. The van der Waals surface area contributed by atoms with Crippen molar-refractivity contribution in [3.63, 3.8) is 0 Å². The summed E-state index contributed by atoms with van der Waals surface area (Å²) in [5, 5.41) is 9.99. The van der Waals surface area contributed by atoms with Crippen LogP contribution in [0.25, 0.3) is 0 Å². The van der Waals surface area contributed by atoms with E-state index in [1.165, 1.54) is 23.2 Å². The molecule has 0 bridgehead atoms. The van der Waals surface area contributed by atoms with E-state index in [0.29, 0.717) is 37.8 Å². The molecule has 1 N–H and O–H groups in total. The highest BCUT2D eigenvalue weighted by Crippen LogP contribution is 2.39. The van der Waals surface area contributed by atoms with E-state index in [9.17, 15) is 27.9 Å². The van der Waals surface area contributed by atoms with Crippen LogP contribution in [0, 0.1) is 11.8 Å². The molecule has 1 saturated carbocycles. The van der Waals surface area contributed by atoms with Gasteiger partial charge in [-0.2, -0.15) is 13.2 Å². The number of carboxylic acid groups (broad SMARTS) is 1. The Hall–Kier alpha value is -3.18. The van der Waals surface area contributed by atoms with Crippen LogP contribution >= 0.6 is 0 Å². The summed E-state index contributed by atoms with van der Waals surface area (Å²) < 4.78 is 52.7. The van der Waals surface area contributed by atoms with Crippen LogP contribution in [0.15, 0.2) is 30.5 Å². The van der Waals surface area contributed by atoms with Gasteiger partial charge in [-0.05, 0) is 75.3 Å². The van der Waals surface area contributed by atoms with E-state index >= 15 is 0 Å². The summed E-state index contributed by atoms with van der Waals surface area (Å²) in [5.41, 5.74) is -0.722. The molecule has 218 valence electrons. The van der Waals surface area contributed by atoms with E-state index < -0.39 is 23.6 Å². The van der Waals surface area contributed by atoms with Gasteiger partial charge < -0.3 is 19.5 Å². The number of anilines is 1. The number of rotatable bonds is 8. The lowest BCUT2D eigenvalue weighted by atomic mass is 9.82. The summed E-state index contributed by atoms with van der Waals surface area (Å²) in [6, 6.07) is 4.62. The molecule has 0 unspecified atom stereocenters. The molecule has 1 aromatic carbocycles. The van der Waals surface area contributed by atoms with Gasteiger partial charge in [0.25, 0.3) is 0 Å². The second kappa shape index (κ2) is 12.6. The number of hydrogen-bond donors (Lipinski definition) is 1. The highest BCUT2D eigenvalue weighted by Gasteiger charge is 2.37. The Labute approximate surface area is 232 Å². The Bertz CT molecular complexity index is 1210. The van der Waals surface area contributed by atoms with Crippen molar-refractivity contribution in [3.05, 3.63) is 47.2 Å². The first-order valence-electron chi connectivity index (χ1n) is 13.7. The zero-order valence-electron chi connectivity index (χ0n) is 23.0. The predicted octanol–water partition coefficient (Wildman–Crippen LogP) is 5.99. The van der Waals surface area contributed by atoms with Crippen molar-refractivity contribution >= 4 is 17.6 Å². The molecule has 2 aromatic rings. The summed E-state index contributed by atoms with van der Waals surface area (Å²) in [6.07, 6.45) is -0.0736. The van der Waals surface area contributed by atoms with Crippen molar-refractivity contribution < 1.29 is 37.3 Å². The van der Waals surface area contributed by atoms with Crippen molar-refractivity contribution in [2.75, 3.05) is 31.2 Å². The SMILES string of the molecule is CC1CCC(C(=O)N(c2ccc(Oc3ncc(CN4CCOCC4)cc3C(F)(F)F)cc2C(=O)O)C(C)C)CC1. The van der Waals surface area contributed by atoms with Gasteiger partial charge >= 0.3 is 12.1 Å². The van der Waals surface area contributed by atoms with Gasteiger partial charge in [-0.15, -0.1) is 0 Å². The Kier molecular flexibility index (Phi) is 9.35. The van der Waals surface area contributed by atoms with E-state index in [1.54, 1.807) is 13.8 Å². The molecule has 1 aromatic heterocycles. The van der Waals surface area contributed by atoms with Crippen LogP contribution in [0.2, 0.25) is 0 Å². The molecular formula is C29H36F3N3O5. The van der Waals surface area contributed by atoms with Crippen molar-refractivity contribution in [1.82, 2.24) is 9.88 Å². The van der Waals surface area contributed by atoms with Gasteiger partial charge in [0.2, 0.25) is 11.8 Å². The van der Waals surface area contributed by atoms with E-state index in [4.69, 9.17) is 9.47 Å². The molecule has 0 radical (unpaired) electrons. The number of alkyl halides is 3. The van der Waals surface area contributed by atoms with Gasteiger partial charge in [0.05, 0.1) is 24.5 Å². The third kappa shape index (κ3) is 7.11. The highest BCUT2D eigenvalue weighted by molar-refractivity contribution is 6.03. The van der Waals surface area contributed by atoms with Crippen molar-refractivity contribution in [2.24, 2.45) is 11.8 Å². The summed E-state index contributed by atoms with van der Waals surface area (Å²) >= 11 is 0. The van der Waals surface area contributed by atoms with Gasteiger partial charge in [0.15, 0.2) is 0 Å². The summed E-state index contributed by atoms with van der Waals surface area (Å²) in [7, 11) is 0. The first-order valence-corrected chi connectivity index (χ1v) is 13.7. The van der Waals surface area contributed by atoms with E-state index in [-0.39, 0.29) is 41.4 Å². The minimum absolute atomic E-state index is 0.122. The van der Waals surface area contributed by atoms with Gasteiger partial charge in [0, 0.05) is 37.8 Å². The monoisotopic (exact) mass is 563 g/mol. The largest absolute Gasteiger partial charge is 0.478 e. The molecule has 0 spiro atoms. The maximum absolute atomic E-state index is 14.0. The molecular weight excluding hydrogens is 527 g/mol. The maximum atomic E-state index is 14.0. The molecule has 2 fully saturated rings. The molecule has 1 amide bonds. The zero-order chi connectivity index (χ0) is 29.0. The molecule has 4 rings (SSSR count). The van der Waals surface area contributed by atoms with Crippen LogP contribution in [0.4, 0.5) is 18.9 Å². The van der Waals surface area contributed by atoms with Gasteiger partial charge in [-0.25, -0.2) is 9.78 Å². The number of benzene rings is 1. The Balaban J connectivity index is 1.61. The lowest BCUT2D eigenvalue weighted by Crippen LogP contribution is -2.42. The quantitative estimate of drug-likeness (QED) is 0.422. The van der Waals surface area contributed by atoms with E-state index in [2.05, 4.69) is 11.9 Å². The number of hydrogen-bond acceptors (Lipinski definition) is 6. The van der Waals surface area contributed by atoms with Crippen LogP contribution in [0.1, 0.15) is 67.9 Å². The van der Waals surface area contributed by atoms with Crippen LogP contribution in [-0.2, 0) is 22.3 Å². The molecule has 11 heteroatoms. The molecule has 2 heterocycles. The zero-order valence-corrected chi connectivity index (χ0v) is 23.0. The standard InChI is InChI=1S/C29H36F3N3O5/c1-18(2)35(27(36)21-6-4-19(3)5-7-21)25-9-8-22(15-23(25)28(37)38)40-26-24(29(30,31)32)14-20(16-33-26)17-34-10-12-39-13-11-34/h8-9,14-16,18-19,21H,4-7,10-13,17H2,1-3H3,(H,37,38). The number of carbonyl (C=O) groups is 2. The predicted molar refractivity (Wildman–Crippen MR) is 143 cm³/mol. The molecule has 2 aliphatic rings. The fourth-order valence-electron chi connectivity index (χ4n) is 5.31. The highest BCUT2D eigenvalue weighted by atomic mass is 19.4. The second-order valence-electron chi connectivity index (χ2n) is 10.9. The maximum Gasteiger partial charge on any atom is 0.421 e. The number of nitrogens with zero attached hydrogens (tertiary/aromatic N) is 3. The number of ether oxygens (including phenoxy) is 2. The van der Waals surface area contributed by atoms with Crippen molar-refractivity contribution in [2.45, 2.75) is 65.2 Å². The number of aromatic carboxylic acids is 1. The third-order valence-corrected chi connectivity index (χ3v) is 7.51. The fraction of sp³-hybridized carbons (Fsp3) is 0.552. The average molecular weight is 564 g/mol. The minimum Gasteiger partial charge on any atom is -0.478 e. The number of morpholine rings is 1. The first kappa shape index (κ1) is 29.8. The lowest BCUT2D eigenvalue weighted by molar-refractivity contribution is -0.139. The molecule has 1 aliphatic carbocycles. The topological polar surface area (TPSA) is 92.2 Å². The normalized spacial score (nSPS) is 20.4. The first-order chi connectivity index (χ1) is 18.9. The third-order valence-electron chi connectivity index (χ3n) is 7.51.